The Morgan fingerprint density at radius 3 is 2.63 bits per heavy atom. The van der Waals surface area contributed by atoms with E-state index >= 15 is 0 Å². The highest BCUT2D eigenvalue weighted by Gasteiger charge is 2.25. The first-order chi connectivity index (χ1) is 17.0. The largest absolute Gasteiger partial charge is 0.486 e. The molecule has 0 spiro atoms. The zero-order valence-electron chi connectivity index (χ0n) is 19.3. The lowest BCUT2D eigenvalue weighted by atomic mass is 10.1. The summed E-state index contributed by atoms with van der Waals surface area (Å²) in [4.78, 5) is 32.4. The van der Waals surface area contributed by atoms with E-state index in [1.165, 1.54) is 6.07 Å². The van der Waals surface area contributed by atoms with Crippen LogP contribution in [0.5, 0.6) is 5.75 Å². The second-order valence-electron chi connectivity index (χ2n) is 8.55. The van der Waals surface area contributed by atoms with E-state index < -0.39 is 4.92 Å². The minimum atomic E-state index is -0.395. The molecule has 1 fully saturated rings. The number of non-ortho nitro benzene ring substituents is 1. The predicted molar refractivity (Wildman–Crippen MR) is 132 cm³/mol. The first-order valence-corrected chi connectivity index (χ1v) is 11.4. The number of anilines is 1. The molecule has 9 nitrogen and oxygen atoms in total. The van der Waals surface area contributed by atoms with Crippen LogP contribution < -0.4 is 9.64 Å². The van der Waals surface area contributed by atoms with Gasteiger partial charge in [0.25, 0.3) is 11.6 Å². The third-order valence-electron chi connectivity index (χ3n) is 6.11. The van der Waals surface area contributed by atoms with Crippen molar-refractivity contribution in [2.75, 3.05) is 31.1 Å². The van der Waals surface area contributed by atoms with E-state index in [0.717, 1.165) is 22.6 Å². The zero-order valence-corrected chi connectivity index (χ0v) is 19.3. The number of fused-ring (bicyclic) bond motifs is 1. The number of nitro benzene ring substituents is 1. The Balaban J connectivity index is 1.25. The van der Waals surface area contributed by atoms with Crippen molar-refractivity contribution in [3.8, 4) is 5.75 Å². The Morgan fingerprint density at radius 2 is 1.83 bits per heavy atom. The van der Waals surface area contributed by atoms with Crippen LogP contribution in [0.25, 0.3) is 5.65 Å². The van der Waals surface area contributed by atoms with Crippen LogP contribution in [0.2, 0.25) is 0 Å². The fourth-order valence-electron chi connectivity index (χ4n) is 4.29. The van der Waals surface area contributed by atoms with Crippen molar-refractivity contribution in [2.24, 2.45) is 0 Å². The van der Waals surface area contributed by atoms with Gasteiger partial charge in [-0.2, -0.15) is 0 Å². The molecule has 2 aromatic heterocycles. The van der Waals surface area contributed by atoms with E-state index in [2.05, 4.69) is 9.88 Å². The molecule has 0 unspecified atom stereocenters. The van der Waals surface area contributed by atoms with Crippen molar-refractivity contribution in [3.63, 3.8) is 0 Å². The SMILES string of the molecule is Cc1ccc2nc(COc3ccccc3C(=O)N3CCN(c4cccc([N+](=O)[O-])c4)CC3)cn2c1. The molecule has 0 N–H and O–H groups in total. The van der Waals surface area contributed by atoms with Crippen LogP contribution in [0.3, 0.4) is 0 Å². The number of carbonyl (C=O) groups is 1. The lowest BCUT2D eigenvalue weighted by Gasteiger charge is -2.36. The Bertz CT molecular complexity index is 1390. The number of hydrogen-bond acceptors (Lipinski definition) is 6. The van der Waals surface area contributed by atoms with Crippen LogP contribution in [0, 0.1) is 17.0 Å². The quantitative estimate of drug-likeness (QED) is 0.311. The van der Waals surface area contributed by atoms with Gasteiger partial charge in [-0.05, 0) is 36.8 Å². The first-order valence-electron chi connectivity index (χ1n) is 11.4. The molecule has 2 aromatic carbocycles. The molecule has 1 aliphatic heterocycles. The number of piperazine rings is 1. The number of benzene rings is 2. The number of imidazole rings is 1. The monoisotopic (exact) mass is 471 g/mol. The molecular weight excluding hydrogens is 446 g/mol. The van der Waals surface area contributed by atoms with Gasteiger partial charge in [-0.15, -0.1) is 0 Å². The third kappa shape index (κ3) is 4.79. The molecule has 0 atom stereocenters. The van der Waals surface area contributed by atoms with Gasteiger partial charge in [-0.1, -0.05) is 24.3 Å². The molecule has 178 valence electrons. The van der Waals surface area contributed by atoms with Crippen LogP contribution in [-0.4, -0.2) is 51.3 Å². The van der Waals surface area contributed by atoms with Crippen LogP contribution in [0.1, 0.15) is 21.6 Å². The van der Waals surface area contributed by atoms with Crippen molar-refractivity contribution in [2.45, 2.75) is 13.5 Å². The van der Waals surface area contributed by atoms with Crippen molar-refractivity contribution in [3.05, 3.63) is 100.0 Å². The van der Waals surface area contributed by atoms with Crippen molar-refractivity contribution in [1.29, 1.82) is 0 Å². The lowest BCUT2D eigenvalue weighted by Crippen LogP contribution is -2.48. The number of hydrogen-bond donors (Lipinski definition) is 0. The van der Waals surface area contributed by atoms with Crippen LogP contribution in [-0.2, 0) is 6.61 Å². The molecule has 4 aromatic rings. The second kappa shape index (κ2) is 9.46. The van der Waals surface area contributed by atoms with Crippen molar-refractivity contribution < 1.29 is 14.5 Å². The molecule has 35 heavy (non-hydrogen) atoms. The standard InChI is InChI=1S/C26H25N5O4/c1-19-9-10-25-27-20(17-30(25)16-19)18-35-24-8-3-2-7-23(24)26(32)29-13-11-28(12-14-29)21-5-4-6-22(15-21)31(33)34/h2-10,15-17H,11-14,18H2,1H3. The molecule has 0 bridgehead atoms. The van der Waals surface area contributed by atoms with Crippen LogP contribution in [0.4, 0.5) is 11.4 Å². The number of para-hydroxylation sites is 1. The van der Waals surface area contributed by atoms with Gasteiger partial charge in [0, 0.05) is 56.4 Å². The molecule has 0 radical (unpaired) electrons. The summed E-state index contributed by atoms with van der Waals surface area (Å²) < 4.78 is 7.99. The van der Waals surface area contributed by atoms with Gasteiger partial charge in [0.2, 0.25) is 0 Å². The molecule has 0 saturated carbocycles. The number of nitrogens with zero attached hydrogens (tertiary/aromatic N) is 5. The molecule has 1 saturated heterocycles. The minimum absolute atomic E-state index is 0.0628. The number of aromatic nitrogens is 2. The molecule has 3 heterocycles. The molecule has 5 rings (SSSR count). The number of nitro groups is 1. The van der Waals surface area contributed by atoms with Gasteiger partial charge in [0.1, 0.15) is 18.0 Å². The summed E-state index contributed by atoms with van der Waals surface area (Å²) in [6, 6.07) is 17.8. The number of carbonyl (C=O) groups excluding carboxylic acids is 1. The Labute approximate surface area is 202 Å². The second-order valence-corrected chi connectivity index (χ2v) is 8.55. The Hall–Kier alpha value is -4.40. The number of pyridine rings is 1. The number of aryl methyl sites for hydroxylation is 1. The molecule has 1 amide bonds. The highest BCUT2D eigenvalue weighted by Crippen LogP contribution is 2.25. The van der Waals surface area contributed by atoms with E-state index in [1.807, 2.05) is 54.0 Å². The summed E-state index contributed by atoms with van der Waals surface area (Å²) in [5.74, 6) is 0.428. The normalized spacial score (nSPS) is 13.7. The summed E-state index contributed by atoms with van der Waals surface area (Å²) in [5.41, 5.74) is 4.13. The molecular formula is C26H25N5O4. The zero-order chi connectivity index (χ0) is 24.4. The maximum Gasteiger partial charge on any atom is 0.271 e. The van der Waals surface area contributed by atoms with Gasteiger partial charge in [-0.3, -0.25) is 14.9 Å². The van der Waals surface area contributed by atoms with E-state index in [1.54, 1.807) is 29.2 Å². The number of rotatable bonds is 6. The van der Waals surface area contributed by atoms with E-state index in [-0.39, 0.29) is 18.2 Å². The summed E-state index contributed by atoms with van der Waals surface area (Å²) in [6.07, 6.45) is 3.94. The Morgan fingerprint density at radius 1 is 1.03 bits per heavy atom. The summed E-state index contributed by atoms with van der Waals surface area (Å²) in [5, 5.41) is 11.1. The van der Waals surface area contributed by atoms with Gasteiger partial charge in [0.05, 0.1) is 16.2 Å². The van der Waals surface area contributed by atoms with E-state index in [9.17, 15) is 14.9 Å². The summed E-state index contributed by atoms with van der Waals surface area (Å²) in [7, 11) is 0. The molecule has 1 aliphatic rings. The van der Waals surface area contributed by atoms with Crippen molar-refractivity contribution >= 4 is 22.9 Å². The highest BCUT2D eigenvalue weighted by molar-refractivity contribution is 5.97. The highest BCUT2D eigenvalue weighted by atomic mass is 16.6. The van der Waals surface area contributed by atoms with Gasteiger partial charge < -0.3 is 18.9 Å². The smallest absolute Gasteiger partial charge is 0.271 e. The minimum Gasteiger partial charge on any atom is -0.486 e. The fourth-order valence-corrected chi connectivity index (χ4v) is 4.29. The predicted octanol–water partition coefficient (Wildman–Crippen LogP) is 4.09. The van der Waals surface area contributed by atoms with Crippen LogP contribution >= 0.6 is 0 Å². The van der Waals surface area contributed by atoms with Gasteiger partial charge in [-0.25, -0.2) is 4.98 Å². The lowest BCUT2D eigenvalue weighted by molar-refractivity contribution is -0.384. The maximum absolute atomic E-state index is 13.3. The first kappa shape index (κ1) is 22.4. The van der Waals surface area contributed by atoms with Gasteiger partial charge in [0.15, 0.2) is 0 Å². The van der Waals surface area contributed by atoms with Crippen LogP contribution in [0.15, 0.2) is 73.1 Å². The maximum atomic E-state index is 13.3. The average Bonchev–Trinajstić information content (AvgIpc) is 3.29. The van der Waals surface area contributed by atoms with E-state index in [4.69, 9.17) is 4.74 Å². The summed E-state index contributed by atoms with van der Waals surface area (Å²) in [6.45, 7) is 4.50. The fraction of sp³-hybridized carbons (Fsp3) is 0.231. The Kier molecular flexibility index (Phi) is 6.05. The van der Waals surface area contributed by atoms with E-state index in [0.29, 0.717) is 37.5 Å². The van der Waals surface area contributed by atoms with Crippen molar-refractivity contribution in [1.82, 2.24) is 14.3 Å². The summed E-state index contributed by atoms with van der Waals surface area (Å²) >= 11 is 0. The topological polar surface area (TPSA) is 93.2 Å². The molecule has 9 heteroatoms. The number of amides is 1. The number of ether oxygens (including phenoxy) is 1. The van der Waals surface area contributed by atoms with Gasteiger partial charge >= 0.3 is 0 Å². The molecule has 0 aliphatic carbocycles. The third-order valence-corrected chi connectivity index (χ3v) is 6.11. The average molecular weight is 472 g/mol.